The maximum absolute atomic E-state index is 13.2. The summed E-state index contributed by atoms with van der Waals surface area (Å²) < 4.78 is 137. The molecule has 0 aromatic heterocycles. The Hall–Kier alpha value is -0.0800. The molecule has 0 saturated heterocycles. The molecule has 134 valence electrons. The fraction of sp³-hybridized carbons (Fsp3) is 1.00. The number of hydrogen-bond donors (Lipinski definition) is 1. The van der Waals surface area contributed by atoms with Crippen molar-refractivity contribution in [1.82, 2.24) is 0 Å². The van der Waals surface area contributed by atoms with Gasteiger partial charge >= 0.3 is 29.9 Å². The van der Waals surface area contributed by atoms with E-state index in [-0.39, 0.29) is 0 Å². The van der Waals surface area contributed by atoms with Crippen molar-refractivity contribution >= 4 is 22.6 Å². The van der Waals surface area contributed by atoms with Crippen LogP contribution in [-0.2, 0) is 0 Å². The predicted molar refractivity (Wildman–Crippen MR) is 60.0 cm³/mol. The first-order valence-corrected chi connectivity index (χ1v) is 6.53. The van der Waals surface area contributed by atoms with E-state index >= 15 is 0 Å². The van der Waals surface area contributed by atoms with Crippen molar-refractivity contribution in [3.8, 4) is 0 Å². The second kappa shape index (κ2) is 6.43. The minimum atomic E-state index is -7.36. The van der Waals surface area contributed by atoms with Gasteiger partial charge in [-0.2, -0.15) is 48.3 Å². The first-order valence-electron chi connectivity index (χ1n) is 5.28. The zero-order valence-corrected chi connectivity index (χ0v) is 12.3. The van der Waals surface area contributed by atoms with Gasteiger partial charge in [0.25, 0.3) is 0 Å². The zero-order valence-electron chi connectivity index (χ0n) is 10.2. The van der Waals surface area contributed by atoms with Crippen LogP contribution >= 0.6 is 22.6 Å². The lowest BCUT2D eigenvalue weighted by atomic mass is 9.95. The number of aliphatic hydroxyl groups excluding tert-OH is 1. The average Bonchev–Trinajstić information content (AvgIpc) is 2.25. The van der Waals surface area contributed by atoms with Crippen LogP contribution in [0.1, 0.15) is 12.8 Å². The van der Waals surface area contributed by atoms with Gasteiger partial charge in [0.15, 0.2) is 0 Å². The highest BCUT2D eigenvalue weighted by Gasteiger charge is 2.86. The summed E-state index contributed by atoms with van der Waals surface area (Å²) >= 11 is 1.04. The van der Waals surface area contributed by atoms with E-state index in [1.807, 2.05) is 0 Å². The fourth-order valence-electron chi connectivity index (χ4n) is 1.25. The van der Waals surface area contributed by atoms with Crippen molar-refractivity contribution in [3.05, 3.63) is 0 Å². The summed E-state index contributed by atoms with van der Waals surface area (Å²) in [5.41, 5.74) is 0. The third-order valence-corrected chi connectivity index (χ3v) is 3.59. The third kappa shape index (κ3) is 3.70. The molecule has 1 N–H and O–H groups in total. The SMILES string of the molecule is OCC[C@H](I)CC(F)(F)C(F)(F)C(F)(F)C(F)(F)C(F)(F)F. The number of alkyl halides is 12. The Labute approximate surface area is 130 Å². The van der Waals surface area contributed by atoms with Crippen molar-refractivity contribution < 1.29 is 53.4 Å². The molecule has 0 bridgehead atoms. The molecular formula is C9H8F11IO. The van der Waals surface area contributed by atoms with Crippen LogP contribution in [0.3, 0.4) is 0 Å². The summed E-state index contributed by atoms with van der Waals surface area (Å²) in [5, 5.41) is 8.38. The van der Waals surface area contributed by atoms with Gasteiger partial charge in [-0.25, -0.2) is 0 Å². The Morgan fingerprint density at radius 3 is 1.45 bits per heavy atom. The van der Waals surface area contributed by atoms with Crippen molar-refractivity contribution in [1.29, 1.82) is 0 Å². The van der Waals surface area contributed by atoms with E-state index in [1.165, 1.54) is 0 Å². The van der Waals surface area contributed by atoms with E-state index < -0.39 is 53.2 Å². The summed E-state index contributed by atoms with van der Waals surface area (Å²) in [5.74, 6) is -27.5. The molecule has 22 heavy (non-hydrogen) atoms. The lowest BCUT2D eigenvalue weighted by molar-refractivity contribution is -0.422. The molecule has 0 fully saturated rings. The summed E-state index contributed by atoms with van der Waals surface area (Å²) in [6.07, 6.45) is -9.84. The molecule has 0 radical (unpaired) electrons. The van der Waals surface area contributed by atoms with Crippen LogP contribution in [0, 0.1) is 0 Å². The van der Waals surface area contributed by atoms with Crippen LogP contribution in [0.25, 0.3) is 0 Å². The minimum Gasteiger partial charge on any atom is -0.396 e. The van der Waals surface area contributed by atoms with Gasteiger partial charge in [0.05, 0.1) is 0 Å². The number of hydrogen-bond acceptors (Lipinski definition) is 1. The molecule has 1 atom stereocenters. The normalized spacial score (nSPS) is 16.8. The Balaban J connectivity index is 5.69. The summed E-state index contributed by atoms with van der Waals surface area (Å²) in [6, 6.07) is 0. The average molecular weight is 468 g/mol. The molecule has 0 rings (SSSR count). The van der Waals surface area contributed by atoms with Crippen molar-refractivity contribution in [2.75, 3.05) is 6.61 Å². The van der Waals surface area contributed by atoms with Gasteiger partial charge in [0.2, 0.25) is 0 Å². The molecule has 1 nitrogen and oxygen atoms in total. The van der Waals surface area contributed by atoms with E-state index in [0.717, 1.165) is 22.6 Å². The second-order valence-corrected chi connectivity index (χ2v) is 6.00. The predicted octanol–water partition coefficient (Wildman–Crippen LogP) is 4.67. The highest BCUT2D eigenvalue weighted by molar-refractivity contribution is 14.1. The monoisotopic (exact) mass is 468 g/mol. The maximum Gasteiger partial charge on any atom is 0.460 e. The van der Waals surface area contributed by atoms with Gasteiger partial charge < -0.3 is 5.11 Å². The molecule has 13 heteroatoms. The lowest BCUT2D eigenvalue weighted by Gasteiger charge is -2.37. The summed E-state index contributed by atoms with van der Waals surface area (Å²) in [4.78, 5) is 0. The Morgan fingerprint density at radius 2 is 1.14 bits per heavy atom. The van der Waals surface area contributed by atoms with E-state index in [0.29, 0.717) is 0 Å². The highest BCUT2D eigenvalue weighted by atomic mass is 127. The Bertz CT molecular complexity index is 378. The third-order valence-electron chi connectivity index (χ3n) is 2.52. The van der Waals surface area contributed by atoms with Crippen molar-refractivity contribution in [2.45, 2.75) is 46.6 Å². The standard InChI is InChI=1S/C9H8F11IO/c10-5(11,3-4(21)1-2-22)6(12,13)7(14,15)8(16,17)9(18,19)20/h4,22H,1-3H2/t4-/m0/s1. The number of rotatable bonds is 7. The molecule has 0 heterocycles. The van der Waals surface area contributed by atoms with Crippen LogP contribution < -0.4 is 0 Å². The van der Waals surface area contributed by atoms with Crippen molar-refractivity contribution in [3.63, 3.8) is 0 Å². The number of halogens is 12. The van der Waals surface area contributed by atoms with Gasteiger partial charge in [-0.3, -0.25) is 0 Å². The van der Waals surface area contributed by atoms with E-state index in [2.05, 4.69) is 0 Å². The summed E-state index contributed by atoms with van der Waals surface area (Å²) in [6.45, 7) is -0.801. The first-order chi connectivity index (χ1) is 9.45. The van der Waals surface area contributed by atoms with Crippen LogP contribution in [0.15, 0.2) is 0 Å². The van der Waals surface area contributed by atoms with E-state index in [4.69, 9.17) is 5.11 Å². The van der Waals surface area contributed by atoms with Crippen LogP contribution in [0.4, 0.5) is 48.3 Å². The Kier molecular flexibility index (Phi) is 6.41. The van der Waals surface area contributed by atoms with Gasteiger partial charge in [-0.05, 0) is 6.42 Å². The molecule has 0 aromatic carbocycles. The van der Waals surface area contributed by atoms with Crippen LogP contribution in [0.5, 0.6) is 0 Å². The minimum absolute atomic E-state index is 0.576. The maximum atomic E-state index is 13.2. The van der Waals surface area contributed by atoms with Gasteiger partial charge in [-0.15, -0.1) is 0 Å². The largest absolute Gasteiger partial charge is 0.460 e. The smallest absolute Gasteiger partial charge is 0.396 e. The molecule has 0 unspecified atom stereocenters. The van der Waals surface area contributed by atoms with Gasteiger partial charge in [-0.1, -0.05) is 22.6 Å². The molecule has 0 aliphatic rings. The topological polar surface area (TPSA) is 20.2 Å². The van der Waals surface area contributed by atoms with Gasteiger partial charge in [0.1, 0.15) is 0 Å². The van der Waals surface area contributed by atoms with Crippen LogP contribution in [-0.4, -0.2) is 45.5 Å². The second-order valence-electron chi connectivity index (χ2n) is 4.24. The lowest BCUT2D eigenvalue weighted by Crippen LogP contribution is -2.66. The highest BCUT2D eigenvalue weighted by Crippen LogP contribution is 2.58. The van der Waals surface area contributed by atoms with Crippen LogP contribution in [0.2, 0.25) is 0 Å². The molecule has 0 amide bonds. The molecular weight excluding hydrogens is 460 g/mol. The van der Waals surface area contributed by atoms with E-state index in [9.17, 15) is 48.3 Å². The van der Waals surface area contributed by atoms with E-state index in [1.54, 1.807) is 0 Å². The quantitative estimate of drug-likeness (QED) is 0.328. The zero-order chi connectivity index (χ0) is 18.2. The fourth-order valence-corrected chi connectivity index (χ4v) is 2.09. The Morgan fingerprint density at radius 1 is 0.727 bits per heavy atom. The number of aliphatic hydroxyl groups is 1. The molecule has 0 spiro atoms. The first kappa shape index (κ1) is 21.9. The molecule has 0 aromatic rings. The van der Waals surface area contributed by atoms with Crippen molar-refractivity contribution in [2.24, 2.45) is 0 Å². The molecule has 0 saturated carbocycles. The molecule has 0 aliphatic carbocycles. The van der Waals surface area contributed by atoms with Gasteiger partial charge in [0, 0.05) is 17.0 Å². The molecule has 0 aliphatic heterocycles. The summed E-state index contributed by atoms with van der Waals surface area (Å²) in [7, 11) is 0.